The number of nitrogens with zero attached hydrogens (tertiary/aromatic N) is 3. The molecule has 0 radical (unpaired) electrons. The highest BCUT2D eigenvalue weighted by atomic mass is 35.5. The van der Waals surface area contributed by atoms with Gasteiger partial charge in [-0.15, -0.1) is 0 Å². The predicted molar refractivity (Wildman–Crippen MR) is 73.7 cm³/mol. The van der Waals surface area contributed by atoms with Crippen molar-refractivity contribution in [2.45, 2.75) is 0 Å². The van der Waals surface area contributed by atoms with E-state index in [4.69, 9.17) is 26.3 Å². The number of halogens is 1. The largest absolute Gasteiger partial charge is 0.496 e. The Morgan fingerprint density at radius 2 is 2.14 bits per heavy atom. The number of ether oxygens (including phenoxy) is 2. The maximum Gasteiger partial charge on any atom is 0.315 e. The van der Waals surface area contributed by atoms with Gasteiger partial charge < -0.3 is 9.47 Å². The Morgan fingerprint density at radius 3 is 2.76 bits per heavy atom. The molecule has 2 aromatic rings. The second-order valence-corrected chi connectivity index (χ2v) is 4.21. The van der Waals surface area contributed by atoms with Crippen LogP contribution >= 0.6 is 11.6 Å². The maximum absolute atomic E-state index is 11.0. The average molecular weight is 306 g/mol. The summed E-state index contributed by atoms with van der Waals surface area (Å²) in [7, 11) is 1.40. The van der Waals surface area contributed by atoms with Gasteiger partial charge in [0, 0.05) is 6.07 Å². The highest BCUT2D eigenvalue weighted by molar-refractivity contribution is 6.29. The molecule has 106 valence electrons. The molecule has 0 aliphatic heterocycles. The molecule has 21 heavy (non-hydrogen) atoms. The number of methoxy groups -OCH3 is 1. The van der Waals surface area contributed by atoms with E-state index in [0.717, 1.165) is 0 Å². The minimum atomic E-state index is -0.604. The summed E-state index contributed by atoms with van der Waals surface area (Å²) < 4.78 is 10.3. The molecule has 1 aromatic carbocycles. The van der Waals surface area contributed by atoms with Gasteiger partial charge in [-0.25, -0.2) is 4.98 Å². The number of aromatic nitrogens is 1. The summed E-state index contributed by atoms with van der Waals surface area (Å²) in [5.74, 6) is 0.289. The predicted octanol–water partition coefficient (Wildman–Crippen LogP) is 3.32. The molecule has 8 heteroatoms. The van der Waals surface area contributed by atoms with E-state index in [2.05, 4.69) is 4.98 Å². The van der Waals surface area contributed by atoms with E-state index in [-0.39, 0.29) is 28.0 Å². The summed E-state index contributed by atoms with van der Waals surface area (Å²) in [6, 6.07) is 8.70. The van der Waals surface area contributed by atoms with Crippen LogP contribution in [0.3, 0.4) is 0 Å². The Labute approximate surface area is 124 Å². The van der Waals surface area contributed by atoms with Crippen molar-refractivity contribution in [3.8, 4) is 23.4 Å². The summed E-state index contributed by atoms with van der Waals surface area (Å²) in [4.78, 5) is 14.3. The smallest absolute Gasteiger partial charge is 0.315 e. The summed E-state index contributed by atoms with van der Waals surface area (Å²) in [5.41, 5.74) is -0.0456. The fourth-order valence-corrected chi connectivity index (χ4v) is 1.76. The number of pyridine rings is 1. The quantitative estimate of drug-likeness (QED) is 0.488. The third-order valence-corrected chi connectivity index (χ3v) is 2.67. The number of rotatable bonds is 4. The standard InChI is InChI=1S/C13H8ClN3O4/c1-20-9-2-3-11(10(6-9)17(18)19)21-13-5-8(7-15)4-12(14)16-13/h2-6H,1H3. The molecule has 0 saturated heterocycles. The SMILES string of the molecule is COc1ccc(Oc2cc(C#N)cc(Cl)n2)c([N+](=O)[O-])c1. The lowest BCUT2D eigenvalue weighted by molar-refractivity contribution is -0.385. The van der Waals surface area contributed by atoms with E-state index in [1.54, 1.807) is 0 Å². The first-order chi connectivity index (χ1) is 10.0. The molecule has 0 aliphatic carbocycles. The van der Waals surface area contributed by atoms with Crippen LogP contribution in [0.15, 0.2) is 30.3 Å². The Morgan fingerprint density at radius 1 is 1.38 bits per heavy atom. The van der Waals surface area contributed by atoms with Gasteiger partial charge in [0.25, 0.3) is 0 Å². The topological polar surface area (TPSA) is 98.3 Å². The first kappa shape index (κ1) is 14.6. The van der Waals surface area contributed by atoms with E-state index < -0.39 is 4.92 Å². The molecule has 0 aliphatic rings. The highest BCUT2D eigenvalue weighted by Gasteiger charge is 2.18. The summed E-state index contributed by atoms with van der Waals surface area (Å²) in [6.07, 6.45) is 0. The second kappa shape index (κ2) is 6.07. The van der Waals surface area contributed by atoms with Crippen molar-refractivity contribution in [3.63, 3.8) is 0 Å². The Balaban J connectivity index is 2.42. The van der Waals surface area contributed by atoms with Gasteiger partial charge in [-0.3, -0.25) is 10.1 Å². The minimum Gasteiger partial charge on any atom is -0.496 e. The fourth-order valence-electron chi connectivity index (χ4n) is 1.56. The molecular formula is C13H8ClN3O4. The highest BCUT2D eigenvalue weighted by Crippen LogP contribution is 2.34. The van der Waals surface area contributed by atoms with Crippen molar-refractivity contribution in [1.29, 1.82) is 5.26 Å². The Hall–Kier alpha value is -2.85. The molecular weight excluding hydrogens is 298 g/mol. The number of hydrogen-bond donors (Lipinski definition) is 0. The van der Waals surface area contributed by atoms with E-state index in [0.29, 0.717) is 5.75 Å². The van der Waals surface area contributed by atoms with Gasteiger partial charge in [0.2, 0.25) is 11.6 Å². The third-order valence-electron chi connectivity index (χ3n) is 2.48. The van der Waals surface area contributed by atoms with Crippen LogP contribution in [-0.4, -0.2) is 17.0 Å². The molecule has 1 aromatic heterocycles. The number of nitro benzene ring substituents is 1. The molecule has 0 amide bonds. The van der Waals surface area contributed by atoms with Gasteiger partial charge in [-0.05, 0) is 18.2 Å². The fraction of sp³-hybridized carbons (Fsp3) is 0.0769. The molecule has 0 N–H and O–H groups in total. The van der Waals surface area contributed by atoms with Crippen LogP contribution in [0, 0.1) is 21.4 Å². The van der Waals surface area contributed by atoms with Gasteiger partial charge in [0.15, 0.2) is 0 Å². The zero-order chi connectivity index (χ0) is 15.4. The molecule has 0 bridgehead atoms. The van der Waals surface area contributed by atoms with E-state index >= 15 is 0 Å². The van der Waals surface area contributed by atoms with Crippen LogP contribution in [0.4, 0.5) is 5.69 Å². The van der Waals surface area contributed by atoms with Crippen LogP contribution in [-0.2, 0) is 0 Å². The van der Waals surface area contributed by atoms with Crippen LogP contribution in [0.2, 0.25) is 5.15 Å². The van der Waals surface area contributed by atoms with Crippen molar-refractivity contribution in [1.82, 2.24) is 4.98 Å². The average Bonchev–Trinajstić information content (AvgIpc) is 2.46. The van der Waals surface area contributed by atoms with Gasteiger partial charge in [-0.1, -0.05) is 11.6 Å². The van der Waals surface area contributed by atoms with Gasteiger partial charge >= 0.3 is 5.69 Å². The summed E-state index contributed by atoms with van der Waals surface area (Å²) >= 11 is 5.75. The minimum absolute atomic E-state index is 0.00711. The van der Waals surface area contributed by atoms with Gasteiger partial charge in [0.05, 0.1) is 29.7 Å². The molecule has 0 spiro atoms. The molecule has 0 atom stereocenters. The lowest BCUT2D eigenvalue weighted by atomic mass is 10.2. The maximum atomic E-state index is 11.0. The first-order valence-electron chi connectivity index (χ1n) is 5.61. The van der Waals surface area contributed by atoms with E-state index in [1.165, 1.54) is 37.4 Å². The Kier molecular flexibility index (Phi) is 4.21. The number of benzene rings is 1. The van der Waals surface area contributed by atoms with Gasteiger partial charge in [-0.2, -0.15) is 5.26 Å². The van der Waals surface area contributed by atoms with Crippen LogP contribution in [0.1, 0.15) is 5.56 Å². The number of nitro groups is 1. The Bertz CT molecular complexity index is 743. The van der Waals surface area contributed by atoms with Crippen molar-refractivity contribution in [2.24, 2.45) is 0 Å². The van der Waals surface area contributed by atoms with Crippen LogP contribution in [0.25, 0.3) is 0 Å². The van der Waals surface area contributed by atoms with Crippen molar-refractivity contribution in [2.75, 3.05) is 7.11 Å². The summed E-state index contributed by atoms with van der Waals surface area (Å²) in [6.45, 7) is 0. The van der Waals surface area contributed by atoms with E-state index in [1.807, 2.05) is 6.07 Å². The van der Waals surface area contributed by atoms with Gasteiger partial charge in [0.1, 0.15) is 10.9 Å². The van der Waals surface area contributed by atoms with Crippen molar-refractivity contribution < 1.29 is 14.4 Å². The lowest BCUT2D eigenvalue weighted by Gasteiger charge is -2.07. The second-order valence-electron chi connectivity index (χ2n) is 3.82. The van der Waals surface area contributed by atoms with Crippen molar-refractivity contribution >= 4 is 17.3 Å². The first-order valence-corrected chi connectivity index (χ1v) is 5.99. The number of nitriles is 1. The van der Waals surface area contributed by atoms with E-state index in [9.17, 15) is 10.1 Å². The molecule has 0 fully saturated rings. The third kappa shape index (κ3) is 3.38. The van der Waals surface area contributed by atoms with Crippen LogP contribution < -0.4 is 9.47 Å². The number of hydrogen-bond acceptors (Lipinski definition) is 6. The zero-order valence-corrected chi connectivity index (χ0v) is 11.5. The molecule has 0 unspecified atom stereocenters. The molecule has 2 rings (SSSR count). The monoisotopic (exact) mass is 305 g/mol. The molecule has 0 saturated carbocycles. The molecule has 7 nitrogen and oxygen atoms in total. The van der Waals surface area contributed by atoms with Crippen molar-refractivity contribution in [3.05, 3.63) is 51.2 Å². The lowest BCUT2D eigenvalue weighted by Crippen LogP contribution is -1.96. The summed E-state index contributed by atoms with van der Waals surface area (Å²) in [5, 5.41) is 19.9. The molecule has 1 heterocycles. The zero-order valence-electron chi connectivity index (χ0n) is 10.7. The van der Waals surface area contributed by atoms with Crippen LogP contribution in [0.5, 0.6) is 17.4 Å². The normalized spacial score (nSPS) is 9.76.